The zero-order valence-corrected chi connectivity index (χ0v) is 10.9. The average Bonchev–Trinajstić information content (AvgIpc) is 2.71. The lowest BCUT2D eigenvalue weighted by molar-refractivity contribution is 0.717. The fraction of sp³-hybridized carbons (Fsp3) is 0.333. The maximum Gasteiger partial charge on any atom is 0.280 e. The lowest BCUT2D eigenvalue weighted by Gasteiger charge is -2.14. The first-order valence-corrected chi connectivity index (χ1v) is 5.72. The van der Waals surface area contributed by atoms with E-state index >= 15 is 0 Å². The molecule has 0 amide bonds. The lowest BCUT2D eigenvalue weighted by atomic mass is 10.3. The summed E-state index contributed by atoms with van der Waals surface area (Å²) in [6, 6.07) is -0.0811. The molecule has 2 N–H and O–H groups in total. The molecule has 2 aromatic heterocycles. The third kappa shape index (κ3) is 2.36. The number of rotatable bonds is 3. The summed E-state index contributed by atoms with van der Waals surface area (Å²) in [6.07, 6.45) is 3.16. The molecule has 8 heteroatoms. The van der Waals surface area contributed by atoms with Crippen LogP contribution >= 0.6 is 15.9 Å². The molecule has 0 aliphatic rings. The van der Waals surface area contributed by atoms with Crippen LogP contribution in [0.2, 0.25) is 0 Å². The normalized spacial score (nSPS) is 12.4. The van der Waals surface area contributed by atoms with Gasteiger partial charge in [0.25, 0.3) is 5.56 Å². The molecule has 0 aliphatic heterocycles. The van der Waals surface area contributed by atoms with E-state index in [1.54, 1.807) is 12.5 Å². The molecule has 7 nitrogen and oxygen atoms in total. The number of nitrogens with zero attached hydrogens (tertiary/aromatic N) is 4. The molecule has 0 saturated carbocycles. The van der Waals surface area contributed by atoms with Crippen molar-refractivity contribution in [3.63, 3.8) is 0 Å². The Morgan fingerprint density at radius 2 is 2.35 bits per heavy atom. The third-order valence-corrected chi connectivity index (χ3v) is 3.09. The van der Waals surface area contributed by atoms with Crippen molar-refractivity contribution in [3.8, 4) is 0 Å². The minimum atomic E-state index is -0.278. The van der Waals surface area contributed by atoms with Gasteiger partial charge in [-0.15, -0.1) is 10.2 Å². The van der Waals surface area contributed by atoms with Gasteiger partial charge in [0.05, 0.1) is 17.9 Å². The first-order valence-electron chi connectivity index (χ1n) is 4.93. The first-order chi connectivity index (χ1) is 8.09. The molecule has 0 aromatic carbocycles. The van der Waals surface area contributed by atoms with E-state index in [1.165, 1.54) is 0 Å². The highest BCUT2D eigenvalue weighted by atomic mass is 79.9. The van der Waals surface area contributed by atoms with Gasteiger partial charge in [-0.3, -0.25) is 4.79 Å². The summed E-state index contributed by atoms with van der Waals surface area (Å²) in [6.45, 7) is 1.93. The predicted molar refractivity (Wildman–Crippen MR) is 65.6 cm³/mol. The van der Waals surface area contributed by atoms with Crippen LogP contribution in [0.5, 0.6) is 0 Å². The molecule has 0 fully saturated rings. The number of aromatic amines is 1. The maximum absolute atomic E-state index is 11.3. The zero-order chi connectivity index (χ0) is 12.4. The Labute approximate surface area is 105 Å². The second kappa shape index (κ2) is 4.66. The van der Waals surface area contributed by atoms with Crippen LogP contribution in [0.3, 0.4) is 0 Å². The number of nitrogens with one attached hydrogen (secondary N) is 2. The van der Waals surface area contributed by atoms with E-state index in [9.17, 15) is 4.79 Å². The summed E-state index contributed by atoms with van der Waals surface area (Å²) in [5, 5.41) is 17.0. The van der Waals surface area contributed by atoms with Crippen LogP contribution in [0.15, 0.2) is 21.8 Å². The van der Waals surface area contributed by atoms with Gasteiger partial charge in [-0.05, 0) is 22.9 Å². The fourth-order valence-electron chi connectivity index (χ4n) is 1.47. The third-order valence-electron chi connectivity index (χ3n) is 2.30. The molecular formula is C9H11BrN6O. The van der Waals surface area contributed by atoms with E-state index in [2.05, 4.69) is 41.6 Å². The van der Waals surface area contributed by atoms with Gasteiger partial charge in [-0.1, -0.05) is 0 Å². The minimum Gasteiger partial charge on any atom is -0.373 e. The van der Waals surface area contributed by atoms with Crippen LogP contribution in [0.4, 0.5) is 5.69 Å². The first kappa shape index (κ1) is 11.8. The standard InChI is InChI=1S/C9H11BrN6O/c1-5(8-14-12-4-16(8)2)13-6-3-11-15-9(17)7(6)10/h3-5H,1-2H3,(H2,13,15,17). The lowest BCUT2D eigenvalue weighted by Crippen LogP contribution is -2.16. The van der Waals surface area contributed by atoms with Crippen molar-refractivity contribution < 1.29 is 0 Å². The molecule has 90 valence electrons. The summed E-state index contributed by atoms with van der Waals surface area (Å²) in [4.78, 5) is 11.3. The van der Waals surface area contributed by atoms with Crippen LogP contribution in [0.25, 0.3) is 0 Å². The van der Waals surface area contributed by atoms with Gasteiger partial charge in [-0.2, -0.15) is 5.10 Å². The van der Waals surface area contributed by atoms with Gasteiger partial charge in [0.2, 0.25) is 0 Å². The summed E-state index contributed by atoms with van der Waals surface area (Å²) in [5.41, 5.74) is 0.337. The molecule has 2 heterocycles. The fourth-order valence-corrected chi connectivity index (χ4v) is 1.77. The number of anilines is 1. The number of H-pyrrole nitrogens is 1. The highest BCUT2D eigenvalue weighted by Gasteiger charge is 2.13. The van der Waals surface area contributed by atoms with E-state index in [0.717, 1.165) is 5.82 Å². The van der Waals surface area contributed by atoms with Crippen LogP contribution in [-0.2, 0) is 7.05 Å². The molecule has 0 aliphatic carbocycles. The van der Waals surface area contributed by atoms with Gasteiger partial charge < -0.3 is 9.88 Å². The Hall–Kier alpha value is -1.70. The maximum atomic E-state index is 11.3. The highest BCUT2D eigenvalue weighted by molar-refractivity contribution is 9.10. The molecule has 0 radical (unpaired) electrons. The Kier molecular flexibility index (Phi) is 3.23. The van der Waals surface area contributed by atoms with Crippen molar-refractivity contribution in [2.75, 3.05) is 5.32 Å². The Morgan fingerprint density at radius 1 is 1.59 bits per heavy atom. The largest absolute Gasteiger partial charge is 0.373 e. The molecule has 1 unspecified atom stereocenters. The van der Waals surface area contributed by atoms with Crippen molar-refractivity contribution in [1.29, 1.82) is 0 Å². The highest BCUT2D eigenvalue weighted by Crippen LogP contribution is 2.21. The van der Waals surface area contributed by atoms with Crippen LogP contribution in [-0.4, -0.2) is 25.0 Å². The summed E-state index contributed by atoms with van der Waals surface area (Å²) in [7, 11) is 1.86. The summed E-state index contributed by atoms with van der Waals surface area (Å²) < 4.78 is 2.23. The predicted octanol–water partition coefficient (Wildman–Crippen LogP) is 0.834. The van der Waals surface area contributed by atoms with E-state index < -0.39 is 0 Å². The summed E-state index contributed by atoms with van der Waals surface area (Å²) in [5.74, 6) is 0.775. The topological polar surface area (TPSA) is 88.5 Å². The van der Waals surface area contributed by atoms with Gasteiger partial charge in [0.15, 0.2) is 5.82 Å². The van der Waals surface area contributed by atoms with Crippen molar-refractivity contribution in [2.45, 2.75) is 13.0 Å². The number of hydrogen-bond acceptors (Lipinski definition) is 5. The quantitative estimate of drug-likeness (QED) is 0.876. The van der Waals surface area contributed by atoms with Crippen molar-refractivity contribution in [3.05, 3.63) is 33.2 Å². The van der Waals surface area contributed by atoms with E-state index in [1.807, 2.05) is 18.5 Å². The van der Waals surface area contributed by atoms with Gasteiger partial charge >= 0.3 is 0 Å². The molecule has 0 saturated heterocycles. The number of hydrogen-bond donors (Lipinski definition) is 2. The molecule has 1 atom stereocenters. The number of aromatic nitrogens is 5. The van der Waals surface area contributed by atoms with Crippen LogP contribution in [0.1, 0.15) is 18.8 Å². The monoisotopic (exact) mass is 298 g/mol. The van der Waals surface area contributed by atoms with Crippen LogP contribution in [0, 0.1) is 0 Å². The van der Waals surface area contributed by atoms with Crippen molar-refractivity contribution in [1.82, 2.24) is 25.0 Å². The van der Waals surface area contributed by atoms with Crippen LogP contribution < -0.4 is 10.9 Å². The number of halogens is 1. The van der Waals surface area contributed by atoms with E-state index in [0.29, 0.717) is 10.2 Å². The molecule has 0 spiro atoms. The Bertz CT molecular complexity index is 577. The molecule has 0 bridgehead atoms. The van der Waals surface area contributed by atoms with Gasteiger partial charge in [0, 0.05) is 7.05 Å². The summed E-state index contributed by atoms with van der Waals surface area (Å²) >= 11 is 3.20. The molecule has 2 rings (SSSR count). The minimum absolute atomic E-state index is 0.0811. The molecule has 2 aromatic rings. The van der Waals surface area contributed by atoms with E-state index in [-0.39, 0.29) is 11.6 Å². The van der Waals surface area contributed by atoms with Gasteiger partial charge in [-0.25, -0.2) is 5.10 Å². The number of aryl methyl sites for hydroxylation is 1. The second-order valence-electron chi connectivity index (χ2n) is 3.59. The SMILES string of the molecule is CC(Nc1cn[nH]c(=O)c1Br)c1nncn1C. The Balaban J connectivity index is 2.25. The second-order valence-corrected chi connectivity index (χ2v) is 4.39. The Morgan fingerprint density at radius 3 is 3.00 bits per heavy atom. The van der Waals surface area contributed by atoms with Gasteiger partial charge in [0.1, 0.15) is 10.8 Å². The molecule has 17 heavy (non-hydrogen) atoms. The smallest absolute Gasteiger partial charge is 0.280 e. The van der Waals surface area contributed by atoms with Crippen molar-refractivity contribution in [2.24, 2.45) is 7.05 Å². The zero-order valence-electron chi connectivity index (χ0n) is 9.31. The average molecular weight is 299 g/mol. The van der Waals surface area contributed by atoms with E-state index in [4.69, 9.17) is 0 Å². The van der Waals surface area contributed by atoms with Crippen molar-refractivity contribution >= 4 is 21.6 Å². The molecular weight excluding hydrogens is 288 g/mol.